The van der Waals surface area contributed by atoms with E-state index in [9.17, 15) is 0 Å². The van der Waals surface area contributed by atoms with Crippen LogP contribution in [0.4, 0.5) is 0 Å². The van der Waals surface area contributed by atoms with Gasteiger partial charge in [-0.15, -0.1) is 11.3 Å². The Hall–Kier alpha value is -2.20. The van der Waals surface area contributed by atoms with Crippen molar-refractivity contribution in [3.05, 3.63) is 53.7 Å². The molecule has 0 unspecified atom stereocenters. The molecule has 166 valence electrons. The van der Waals surface area contributed by atoms with Gasteiger partial charge in [-0.3, -0.25) is 0 Å². The van der Waals surface area contributed by atoms with Gasteiger partial charge in [-0.05, 0) is 55.7 Å². The van der Waals surface area contributed by atoms with E-state index >= 15 is 0 Å². The van der Waals surface area contributed by atoms with Crippen LogP contribution in [0.5, 0.6) is 5.75 Å². The summed E-state index contributed by atoms with van der Waals surface area (Å²) in [6, 6.07) is 12.6. The van der Waals surface area contributed by atoms with E-state index in [4.69, 9.17) is 4.74 Å². The Morgan fingerprint density at radius 1 is 0.710 bits per heavy atom. The van der Waals surface area contributed by atoms with Crippen LogP contribution in [0.3, 0.4) is 0 Å². The fourth-order valence-corrected chi connectivity index (χ4v) is 4.62. The molecule has 3 rings (SSSR count). The van der Waals surface area contributed by atoms with E-state index in [-0.39, 0.29) is 0 Å². The molecular formula is C27H36N2OS. The largest absolute Gasteiger partial charge is 0.494 e. The number of thiophene rings is 1. The molecule has 0 amide bonds. The number of aromatic nitrogens is 2. The third kappa shape index (κ3) is 7.77. The normalized spacial score (nSPS) is 11.0. The minimum Gasteiger partial charge on any atom is -0.494 e. The molecule has 3 nitrogen and oxygen atoms in total. The maximum Gasteiger partial charge on any atom is 0.159 e. The third-order valence-corrected chi connectivity index (χ3v) is 6.70. The number of rotatable bonds is 14. The molecule has 0 spiro atoms. The molecule has 0 N–H and O–H groups in total. The van der Waals surface area contributed by atoms with Crippen molar-refractivity contribution in [1.29, 1.82) is 0 Å². The summed E-state index contributed by atoms with van der Waals surface area (Å²) < 4.78 is 5.86. The second-order valence-corrected chi connectivity index (χ2v) is 9.33. The number of hydrogen-bond acceptors (Lipinski definition) is 4. The number of aryl methyl sites for hydroxylation is 1. The molecule has 2 aromatic heterocycles. The zero-order chi connectivity index (χ0) is 21.7. The molecule has 0 fully saturated rings. The lowest BCUT2D eigenvalue weighted by Crippen LogP contribution is -1.97. The minimum atomic E-state index is 0.756. The highest BCUT2D eigenvalue weighted by atomic mass is 32.1. The highest BCUT2D eigenvalue weighted by Crippen LogP contribution is 2.29. The van der Waals surface area contributed by atoms with Gasteiger partial charge in [0.2, 0.25) is 0 Å². The molecule has 0 saturated heterocycles. The van der Waals surface area contributed by atoms with Crippen molar-refractivity contribution in [3.63, 3.8) is 0 Å². The van der Waals surface area contributed by atoms with E-state index in [0.29, 0.717) is 0 Å². The third-order valence-electron chi connectivity index (χ3n) is 5.50. The quantitative estimate of drug-likeness (QED) is 0.238. The van der Waals surface area contributed by atoms with E-state index in [2.05, 4.69) is 35.9 Å². The Morgan fingerprint density at radius 2 is 1.39 bits per heavy atom. The molecule has 0 aliphatic heterocycles. The molecule has 0 atom stereocenters. The number of benzene rings is 1. The van der Waals surface area contributed by atoms with Gasteiger partial charge in [0.25, 0.3) is 0 Å². The standard InChI is InChI=1S/C27H36N2OS/c1-3-5-7-9-11-19-30-24-15-13-22(14-16-24)27-28-20-23(21-29-27)26-18-17-25(31-26)12-10-8-6-4-2/h13-18,20-21H,3-12,19H2,1-2H3. The van der Waals surface area contributed by atoms with Gasteiger partial charge in [0.1, 0.15) is 5.75 Å². The molecule has 0 aliphatic rings. The van der Waals surface area contributed by atoms with Crippen LogP contribution in [0.1, 0.15) is 76.5 Å². The second kappa shape index (κ2) is 13.3. The summed E-state index contributed by atoms with van der Waals surface area (Å²) in [6.45, 7) is 5.28. The van der Waals surface area contributed by atoms with Crippen LogP contribution in [0.2, 0.25) is 0 Å². The lowest BCUT2D eigenvalue weighted by molar-refractivity contribution is 0.304. The molecule has 4 heteroatoms. The van der Waals surface area contributed by atoms with Gasteiger partial charge in [0.15, 0.2) is 5.82 Å². The van der Waals surface area contributed by atoms with Crippen LogP contribution in [-0.2, 0) is 6.42 Å². The number of nitrogens with zero attached hydrogens (tertiary/aromatic N) is 2. The maximum absolute atomic E-state index is 5.86. The fourth-order valence-electron chi connectivity index (χ4n) is 3.59. The first-order chi connectivity index (χ1) is 15.3. The maximum atomic E-state index is 5.86. The Labute approximate surface area is 191 Å². The van der Waals surface area contributed by atoms with Crippen molar-refractivity contribution >= 4 is 11.3 Å². The van der Waals surface area contributed by atoms with Crippen molar-refractivity contribution in [2.45, 2.75) is 78.1 Å². The fraction of sp³-hybridized carbons (Fsp3) is 0.481. The Balaban J connectivity index is 1.50. The van der Waals surface area contributed by atoms with E-state index in [0.717, 1.165) is 35.7 Å². The predicted molar refractivity (Wildman–Crippen MR) is 133 cm³/mol. The van der Waals surface area contributed by atoms with E-state index in [1.807, 2.05) is 48.0 Å². The summed E-state index contributed by atoms with van der Waals surface area (Å²) >= 11 is 1.86. The van der Waals surface area contributed by atoms with Gasteiger partial charge < -0.3 is 4.74 Å². The summed E-state index contributed by atoms with van der Waals surface area (Å²) in [6.07, 6.45) is 16.5. The summed E-state index contributed by atoms with van der Waals surface area (Å²) in [5.74, 6) is 1.67. The van der Waals surface area contributed by atoms with Crippen LogP contribution in [0, 0.1) is 0 Å². The van der Waals surface area contributed by atoms with Crippen LogP contribution in [-0.4, -0.2) is 16.6 Å². The van der Waals surface area contributed by atoms with E-state index < -0.39 is 0 Å². The van der Waals surface area contributed by atoms with Crippen molar-refractivity contribution in [2.75, 3.05) is 6.61 Å². The molecule has 0 bridgehead atoms. The number of unbranched alkanes of at least 4 members (excludes halogenated alkanes) is 7. The molecule has 2 heterocycles. The van der Waals surface area contributed by atoms with Crippen LogP contribution in [0.25, 0.3) is 21.8 Å². The average molecular weight is 437 g/mol. The zero-order valence-corrected chi connectivity index (χ0v) is 19.9. The molecule has 0 saturated carbocycles. The summed E-state index contributed by atoms with van der Waals surface area (Å²) in [5, 5.41) is 0. The van der Waals surface area contributed by atoms with Crippen LogP contribution >= 0.6 is 11.3 Å². The zero-order valence-electron chi connectivity index (χ0n) is 19.1. The first-order valence-electron chi connectivity index (χ1n) is 11.9. The average Bonchev–Trinajstić information content (AvgIpc) is 3.29. The second-order valence-electron chi connectivity index (χ2n) is 8.16. The Bertz CT molecular complexity index is 871. The summed E-state index contributed by atoms with van der Waals surface area (Å²) in [4.78, 5) is 11.9. The van der Waals surface area contributed by atoms with Gasteiger partial charge in [-0.25, -0.2) is 9.97 Å². The highest BCUT2D eigenvalue weighted by Gasteiger charge is 2.07. The highest BCUT2D eigenvalue weighted by molar-refractivity contribution is 7.15. The van der Waals surface area contributed by atoms with Crippen molar-refractivity contribution in [3.8, 4) is 27.6 Å². The Morgan fingerprint density at radius 3 is 2.10 bits per heavy atom. The van der Waals surface area contributed by atoms with Crippen molar-refractivity contribution in [1.82, 2.24) is 9.97 Å². The van der Waals surface area contributed by atoms with Gasteiger partial charge in [-0.2, -0.15) is 0 Å². The summed E-state index contributed by atoms with van der Waals surface area (Å²) in [5.41, 5.74) is 2.11. The van der Waals surface area contributed by atoms with E-state index in [1.54, 1.807) is 0 Å². The number of hydrogen-bond donors (Lipinski definition) is 0. The smallest absolute Gasteiger partial charge is 0.159 e. The molecule has 3 aromatic rings. The van der Waals surface area contributed by atoms with Crippen molar-refractivity contribution in [2.24, 2.45) is 0 Å². The van der Waals surface area contributed by atoms with Gasteiger partial charge >= 0.3 is 0 Å². The van der Waals surface area contributed by atoms with E-state index in [1.165, 1.54) is 67.5 Å². The van der Waals surface area contributed by atoms with Crippen molar-refractivity contribution < 1.29 is 4.74 Å². The van der Waals surface area contributed by atoms with Crippen LogP contribution < -0.4 is 4.74 Å². The first-order valence-corrected chi connectivity index (χ1v) is 12.8. The SMILES string of the molecule is CCCCCCCOc1ccc(-c2ncc(-c3ccc(CCCCCC)s3)cn2)cc1. The van der Waals surface area contributed by atoms with Gasteiger partial charge in [0, 0.05) is 33.3 Å². The molecular weight excluding hydrogens is 400 g/mol. The lowest BCUT2D eigenvalue weighted by atomic mass is 10.1. The molecule has 0 aliphatic carbocycles. The lowest BCUT2D eigenvalue weighted by Gasteiger charge is -2.07. The van der Waals surface area contributed by atoms with Crippen LogP contribution in [0.15, 0.2) is 48.8 Å². The molecule has 31 heavy (non-hydrogen) atoms. The topological polar surface area (TPSA) is 35.0 Å². The molecule has 0 radical (unpaired) electrons. The number of ether oxygens (including phenoxy) is 1. The first kappa shape index (κ1) is 23.5. The van der Waals surface area contributed by atoms with Gasteiger partial charge in [0.05, 0.1) is 6.61 Å². The minimum absolute atomic E-state index is 0.756. The summed E-state index contributed by atoms with van der Waals surface area (Å²) in [7, 11) is 0. The molecule has 1 aromatic carbocycles. The monoisotopic (exact) mass is 436 g/mol. The Kier molecular flexibility index (Phi) is 10.0. The van der Waals surface area contributed by atoms with Gasteiger partial charge in [-0.1, -0.05) is 58.8 Å². The predicted octanol–water partition coefficient (Wildman–Crippen LogP) is 8.34.